The van der Waals surface area contributed by atoms with Gasteiger partial charge in [-0.25, -0.2) is 13.4 Å². The topological polar surface area (TPSA) is 89.3 Å². The molecule has 0 saturated heterocycles. The van der Waals surface area contributed by atoms with Crippen LogP contribution in [0.25, 0.3) is 22.2 Å². The first-order chi connectivity index (χ1) is 13.8. The van der Waals surface area contributed by atoms with Gasteiger partial charge in [-0.2, -0.15) is 0 Å². The quantitative estimate of drug-likeness (QED) is 0.501. The number of amides is 1. The van der Waals surface area contributed by atoms with Crippen molar-refractivity contribution in [3.63, 3.8) is 0 Å². The number of sulfone groups is 1. The van der Waals surface area contributed by atoms with Crippen molar-refractivity contribution in [2.45, 2.75) is 12.7 Å². The molecule has 0 aliphatic heterocycles. The molecule has 0 bridgehead atoms. The van der Waals surface area contributed by atoms with E-state index in [1.54, 1.807) is 47.7 Å². The van der Waals surface area contributed by atoms with Crippen molar-refractivity contribution in [3.05, 3.63) is 70.2 Å². The van der Waals surface area contributed by atoms with E-state index in [9.17, 15) is 13.2 Å². The summed E-state index contributed by atoms with van der Waals surface area (Å²) in [7, 11) is -3.35. The zero-order valence-corrected chi connectivity index (χ0v) is 17.4. The van der Waals surface area contributed by atoms with Crippen LogP contribution in [0.5, 0.6) is 0 Å². The molecule has 4 aromatic rings. The predicted octanol–water partition coefficient (Wildman–Crippen LogP) is 4.66. The number of nitrogens with zero attached hydrogens (tertiary/aromatic N) is 1. The van der Waals surface area contributed by atoms with E-state index in [1.807, 2.05) is 24.4 Å². The Kier molecular flexibility index (Phi) is 4.97. The van der Waals surface area contributed by atoms with Crippen LogP contribution < -0.4 is 5.32 Å². The number of carbonyl (C=O) groups is 1. The third-order valence-electron chi connectivity index (χ3n) is 4.37. The number of carbonyl (C=O) groups excluding carboxylic acids is 1. The fraction of sp³-hybridized carbons (Fsp3) is 0.143. The zero-order chi connectivity index (χ0) is 20.6. The summed E-state index contributed by atoms with van der Waals surface area (Å²) in [5.41, 5.74) is 3.27. The number of rotatable bonds is 5. The van der Waals surface area contributed by atoms with E-state index in [0.29, 0.717) is 22.2 Å². The molecule has 0 aliphatic carbocycles. The van der Waals surface area contributed by atoms with Gasteiger partial charge in [-0.15, -0.1) is 11.3 Å². The van der Waals surface area contributed by atoms with E-state index in [1.165, 1.54) is 0 Å². The minimum Gasteiger partial charge on any atom is -0.451 e. The van der Waals surface area contributed by atoms with E-state index in [0.717, 1.165) is 22.5 Å². The molecule has 0 atom stereocenters. The molecule has 0 radical (unpaired) electrons. The van der Waals surface area contributed by atoms with Crippen LogP contribution in [0, 0.1) is 6.92 Å². The second-order valence-electron chi connectivity index (χ2n) is 6.76. The molecule has 0 unspecified atom stereocenters. The molecule has 1 amide bonds. The molecule has 4 rings (SSSR count). The largest absolute Gasteiger partial charge is 0.451 e. The molecule has 0 saturated carbocycles. The van der Waals surface area contributed by atoms with Crippen molar-refractivity contribution in [1.82, 2.24) is 4.98 Å². The van der Waals surface area contributed by atoms with Crippen LogP contribution in [-0.2, 0) is 15.6 Å². The van der Waals surface area contributed by atoms with Crippen LogP contribution in [0.1, 0.15) is 21.1 Å². The molecule has 6 nitrogen and oxygen atoms in total. The van der Waals surface area contributed by atoms with E-state index in [4.69, 9.17) is 4.42 Å². The maximum atomic E-state index is 12.8. The number of para-hydroxylation sites is 1. The maximum absolute atomic E-state index is 12.8. The SMILES string of the molecule is Cc1nc(-c2ccc(NC(=O)c3oc4ccccc4c3CS(C)(=O)=O)cc2)cs1. The molecule has 29 heavy (non-hydrogen) atoms. The summed E-state index contributed by atoms with van der Waals surface area (Å²) >= 11 is 1.58. The fourth-order valence-electron chi connectivity index (χ4n) is 3.10. The molecule has 8 heteroatoms. The van der Waals surface area contributed by atoms with Crippen molar-refractivity contribution in [3.8, 4) is 11.3 Å². The smallest absolute Gasteiger partial charge is 0.291 e. The van der Waals surface area contributed by atoms with Gasteiger partial charge in [-0.1, -0.05) is 30.3 Å². The highest BCUT2D eigenvalue weighted by Gasteiger charge is 2.23. The molecule has 0 fully saturated rings. The van der Waals surface area contributed by atoms with E-state index >= 15 is 0 Å². The molecule has 1 N–H and O–H groups in total. The average molecular weight is 427 g/mol. The number of benzene rings is 2. The fourth-order valence-corrected chi connectivity index (χ4v) is 4.53. The van der Waals surface area contributed by atoms with Crippen molar-refractivity contribution in [2.24, 2.45) is 0 Å². The minimum atomic E-state index is -3.35. The number of hydrogen-bond acceptors (Lipinski definition) is 6. The number of hydrogen-bond donors (Lipinski definition) is 1. The van der Waals surface area contributed by atoms with Gasteiger partial charge in [-0.3, -0.25) is 4.79 Å². The lowest BCUT2D eigenvalue weighted by Crippen LogP contribution is -2.14. The molecule has 2 aromatic heterocycles. The second-order valence-corrected chi connectivity index (χ2v) is 9.96. The van der Waals surface area contributed by atoms with Gasteiger partial charge in [0, 0.05) is 33.8 Å². The number of nitrogens with one attached hydrogen (secondary N) is 1. The summed E-state index contributed by atoms with van der Waals surface area (Å²) in [6.45, 7) is 1.95. The third kappa shape index (κ3) is 4.23. The molecular formula is C21H18N2O4S2. The highest BCUT2D eigenvalue weighted by atomic mass is 32.2. The highest BCUT2D eigenvalue weighted by Crippen LogP contribution is 2.29. The Morgan fingerprint density at radius 1 is 1.14 bits per heavy atom. The minimum absolute atomic E-state index is 0.0100. The Bertz CT molecular complexity index is 1300. The first kappa shape index (κ1) is 19.4. The van der Waals surface area contributed by atoms with Gasteiger partial charge in [0.25, 0.3) is 5.91 Å². The Morgan fingerprint density at radius 2 is 1.86 bits per heavy atom. The van der Waals surface area contributed by atoms with Gasteiger partial charge in [-0.05, 0) is 25.1 Å². The van der Waals surface area contributed by atoms with Crippen molar-refractivity contribution < 1.29 is 17.6 Å². The standard InChI is InChI=1S/C21H18N2O4S2/c1-13-22-18(11-28-13)14-7-9-15(10-8-14)23-21(24)20-17(12-29(2,25)26)16-5-3-4-6-19(16)27-20/h3-11H,12H2,1-2H3,(H,23,24). The monoisotopic (exact) mass is 426 g/mol. The van der Waals surface area contributed by atoms with Crippen LogP contribution in [0.2, 0.25) is 0 Å². The number of aryl methyl sites for hydroxylation is 1. The van der Waals surface area contributed by atoms with Crippen molar-refractivity contribution in [1.29, 1.82) is 0 Å². The van der Waals surface area contributed by atoms with Crippen LogP contribution >= 0.6 is 11.3 Å². The van der Waals surface area contributed by atoms with Crippen molar-refractivity contribution >= 4 is 43.7 Å². The number of anilines is 1. The summed E-state index contributed by atoms with van der Waals surface area (Å²) < 4.78 is 29.4. The Hall–Kier alpha value is -2.97. The van der Waals surface area contributed by atoms with Gasteiger partial charge in [0.05, 0.1) is 16.5 Å². The van der Waals surface area contributed by atoms with Gasteiger partial charge < -0.3 is 9.73 Å². The normalized spacial score (nSPS) is 11.7. The van der Waals surface area contributed by atoms with Gasteiger partial charge in [0.15, 0.2) is 15.6 Å². The summed E-state index contributed by atoms with van der Waals surface area (Å²) in [6.07, 6.45) is 1.13. The van der Waals surface area contributed by atoms with Crippen LogP contribution in [0.4, 0.5) is 5.69 Å². The molecule has 148 valence electrons. The lowest BCUT2D eigenvalue weighted by molar-refractivity contribution is 0.0998. The lowest BCUT2D eigenvalue weighted by atomic mass is 10.1. The Balaban J connectivity index is 1.63. The number of aromatic nitrogens is 1. The number of fused-ring (bicyclic) bond motifs is 1. The number of furan rings is 1. The molecule has 0 spiro atoms. The van der Waals surface area contributed by atoms with Crippen LogP contribution in [-0.4, -0.2) is 25.6 Å². The first-order valence-electron chi connectivity index (χ1n) is 8.82. The second kappa shape index (κ2) is 7.46. The molecular weight excluding hydrogens is 408 g/mol. The summed E-state index contributed by atoms with van der Waals surface area (Å²) in [6, 6.07) is 14.3. The summed E-state index contributed by atoms with van der Waals surface area (Å²) in [5.74, 6) is -0.748. The maximum Gasteiger partial charge on any atom is 0.291 e. The summed E-state index contributed by atoms with van der Waals surface area (Å²) in [5, 5.41) is 6.37. The highest BCUT2D eigenvalue weighted by molar-refractivity contribution is 7.89. The Morgan fingerprint density at radius 3 is 2.52 bits per heavy atom. The first-order valence-corrected chi connectivity index (χ1v) is 11.8. The van der Waals surface area contributed by atoms with Crippen molar-refractivity contribution in [2.75, 3.05) is 11.6 Å². The molecule has 2 heterocycles. The lowest BCUT2D eigenvalue weighted by Gasteiger charge is -2.06. The predicted molar refractivity (Wildman–Crippen MR) is 115 cm³/mol. The van der Waals surface area contributed by atoms with Gasteiger partial charge >= 0.3 is 0 Å². The van der Waals surface area contributed by atoms with Gasteiger partial charge in [0.1, 0.15) is 5.58 Å². The van der Waals surface area contributed by atoms with Crippen LogP contribution in [0.15, 0.2) is 58.3 Å². The molecule has 0 aliphatic rings. The summed E-state index contributed by atoms with van der Waals surface area (Å²) in [4.78, 5) is 17.3. The average Bonchev–Trinajstić information content (AvgIpc) is 3.25. The van der Waals surface area contributed by atoms with Crippen LogP contribution in [0.3, 0.4) is 0 Å². The third-order valence-corrected chi connectivity index (χ3v) is 5.96. The van der Waals surface area contributed by atoms with E-state index < -0.39 is 15.7 Å². The molecule has 2 aromatic carbocycles. The number of thiazole rings is 1. The van der Waals surface area contributed by atoms with E-state index in [2.05, 4.69) is 10.3 Å². The Labute approximate surface area is 172 Å². The zero-order valence-electron chi connectivity index (χ0n) is 15.8. The van der Waals surface area contributed by atoms with E-state index in [-0.39, 0.29) is 11.5 Å². The van der Waals surface area contributed by atoms with Gasteiger partial charge in [0.2, 0.25) is 0 Å².